The summed E-state index contributed by atoms with van der Waals surface area (Å²) in [6.07, 6.45) is 0. The highest BCUT2D eigenvalue weighted by atomic mass is 35.5. The van der Waals surface area contributed by atoms with Crippen LogP contribution in [0.1, 0.15) is 17.3 Å². The van der Waals surface area contributed by atoms with E-state index in [2.05, 4.69) is 0 Å². The fourth-order valence-electron chi connectivity index (χ4n) is 1.98. The predicted molar refractivity (Wildman–Crippen MR) is 79.1 cm³/mol. The summed E-state index contributed by atoms with van der Waals surface area (Å²) in [5, 5.41) is 9.07. The topological polar surface area (TPSA) is 74.7 Å². The Kier molecular flexibility index (Phi) is 4.63. The first kappa shape index (κ1) is 15.6. The fraction of sp³-hybridized carbons (Fsp3) is 0.417. The van der Waals surface area contributed by atoms with Crippen LogP contribution < -0.4 is 0 Å². The molecule has 1 aliphatic rings. The van der Waals surface area contributed by atoms with Gasteiger partial charge in [0.1, 0.15) is 0 Å². The lowest BCUT2D eigenvalue weighted by atomic mass is 10.2. The molecule has 1 N–H and O–H groups in total. The van der Waals surface area contributed by atoms with E-state index in [0.717, 1.165) is 5.75 Å². The maximum Gasteiger partial charge on any atom is 0.337 e. The summed E-state index contributed by atoms with van der Waals surface area (Å²) < 4.78 is 26.4. The van der Waals surface area contributed by atoms with E-state index >= 15 is 0 Å². The molecule has 1 fully saturated rings. The lowest BCUT2D eigenvalue weighted by molar-refractivity contribution is 0.0697. The van der Waals surface area contributed by atoms with Crippen molar-refractivity contribution in [3.63, 3.8) is 0 Å². The molecule has 0 spiro atoms. The van der Waals surface area contributed by atoms with E-state index in [-0.39, 0.29) is 20.7 Å². The molecule has 1 aromatic carbocycles. The lowest BCUT2D eigenvalue weighted by Gasteiger charge is -2.29. The van der Waals surface area contributed by atoms with Gasteiger partial charge in [0.05, 0.1) is 15.5 Å². The summed E-state index contributed by atoms with van der Waals surface area (Å²) in [5.74, 6) is -0.427. The number of carboxylic acids is 1. The molecule has 2 rings (SSSR count). The van der Waals surface area contributed by atoms with Gasteiger partial charge in [0.2, 0.25) is 10.0 Å². The molecule has 1 heterocycles. The lowest BCUT2D eigenvalue weighted by Crippen LogP contribution is -2.40. The monoisotopic (exact) mass is 335 g/mol. The quantitative estimate of drug-likeness (QED) is 0.916. The molecule has 8 heteroatoms. The van der Waals surface area contributed by atoms with E-state index < -0.39 is 16.0 Å². The zero-order chi connectivity index (χ0) is 14.9. The summed E-state index contributed by atoms with van der Waals surface area (Å²) in [6, 6.07) is 3.71. The Morgan fingerprint density at radius 1 is 1.50 bits per heavy atom. The average Bonchev–Trinajstić information content (AvgIpc) is 2.38. The van der Waals surface area contributed by atoms with Crippen LogP contribution in [0.3, 0.4) is 0 Å². The Morgan fingerprint density at radius 2 is 2.20 bits per heavy atom. The number of carboxylic acid groups (broad SMARTS) is 1. The number of sulfonamides is 1. The van der Waals surface area contributed by atoms with Crippen LogP contribution in [0.15, 0.2) is 23.1 Å². The van der Waals surface area contributed by atoms with E-state index in [4.69, 9.17) is 16.7 Å². The van der Waals surface area contributed by atoms with E-state index in [0.29, 0.717) is 13.1 Å². The first-order valence-corrected chi connectivity index (χ1v) is 8.83. The minimum Gasteiger partial charge on any atom is -0.478 e. The van der Waals surface area contributed by atoms with E-state index in [1.54, 1.807) is 11.8 Å². The predicted octanol–water partition coefficient (Wildman–Crippen LogP) is 2.16. The van der Waals surface area contributed by atoms with Gasteiger partial charge >= 0.3 is 5.97 Å². The van der Waals surface area contributed by atoms with Crippen LogP contribution >= 0.6 is 23.4 Å². The fourth-order valence-corrected chi connectivity index (χ4v) is 5.09. The van der Waals surface area contributed by atoms with Gasteiger partial charge in [0, 0.05) is 24.1 Å². The van der Waals surface area contributed by atoms with Gasteiger partial charge in [0.15, 0.2) is 0 Å². The zero-order valence-electron chi connectivity index (χ0n) is 10.7. The molecule has 20 heavy (non-hydrogen) atoms. The smallest absolute Gasteiger partial charge is 0.337 e. The van der Waals surface area contributed by atoms with Gasteiger partial charge in [-0.25, -0.2) is 13.2 Å². The van der Waals surface area contributed by atoms with Crippen LogP contribution in [0.5, 0.6) is 0 Å². The number of thioether (sulfide) groups is 1. The van der Waals surface area contributed by atoms with Gasteiger partial charge in [-0.15, -0.1) is 0 Å². The molecular formula is C12H14ClNO4S2. The highest BCUT2D eigenvalue weighted by Crippen LogP contribution is 2.27. The maximum atomic E-state index is 12.5. The van der Waals surface area contributed by atoms with Crippen molar-refractivity contribution < 1.29 is 18.3 Å². The first-order valence-electron chi connectivity index (χ1n) is 5.97. The van der Waals surface area contributed by atoms with Crippen LogP contribution in [0.4, 0.5) is 0 Å². The summed E-state index contributed by atoms with van der Waals surface area (Å²) in [4.78, 5) is 10.9. The number of hydrogen-bond donors (Lipinski definition) is 1. The van der Waals surface area contributed by atoms with Gasteiger partial charge in [-0.2, -0.15) is 16.1 Å². The Balaban J connectivity index is 2.34. The van der Waals surface area contributed by atoms with Crippen molar-refractivity contribution in [1.82, 2.24) is 4.31 Å². The van der Waals surface area contributed by atoms with Crippen molar-refractivity contribution in [3.8, 4) is 0 Å². The van der Waals surface area contributed by atoms with Crippen LogP contribution in [0, 0.1) is 0 Å². The molecule has 1 aromatic rings. The summed E-state index contributed by atoms with van der Waals surface area (Å²) in [7, 11) is -3.62. The van der Waals surface area contributed by atoms with E-state index in [1.165, 1.54) is 22.5 Å². The number of rotatable bonds is 3. The van der Waals surface area contributed by atoms with Crippen molar-refractivity contribution >= 4 is 39.4 Å². The Hall–Kier alpha value is -0.760. The number of aromatic carboxylic acids is 1. The van der Waals surface area contributed by atoms with Gasteiger partial charge in [-0.05, 0) is 18.2 Å². The largest absolute Gasteiger partial charge is 0.478 e. The highest BCUT2D eigenvalue weighted by Gasteiger charge is 2.29. The van der Waals surface area contributed by atoms with Crippen molar-refractivity contribution in [2.75, 3.05) is 18.8 Å². The number of carbonyl (C=O) groups is 1. The van der Waals surface area contributed by atoms with E-state index in [9.17, 15) is 13.2 Å². The van der Waals surface area contributed by atoms with Crippen LogP contribution in [-0.4, -0.2) is 47.9 Å². The molecule has 1 unspecified atom stereocenters. The van der Waals surface area contributed by atoms with Crippen molar-refractivity contribution in [2.24, 2.45) is 0 Å². The molecule has 0 bridgehead atoms. The third-order valence-corrected chi connectivity index (χ3v) is 6.32. The second-order valence-electron chi connectivity index (χ2n) is 4.49. The maximum absolute atomic E-state index is 12.5. The van der Waals surface area contributed by atoms with Crippen LogP contribution in [-0.2, 0) is 10.0 Å². The molecule has 1 saturated heterocycles. The summed E-state index contributed by atoms with van der Waals surface area (Å²) >= 11 is 7.56. The second kappa shape index (κ2) is 5.93. The molecule has 0 amide bonds. The second-order valence-corrected chi connectivity index (χ2v) is 8.38. The molecule has 0 saturated carbocycles. The molecule has 5 nitrogen and oxygen atoms in total. The third kappa shape index (κ3) is 3.11. The molecule has 0 aliphatic carbocycles. The van der Waals surface area contributed by atoms with Crippen molar-refractivity contribution in [2.45, 2.75) is 17.1 Å². The van der Waals surface area contributed by atoms with Gasteiger partial charge in [-0.1, -0.05) is 18.5 Å². The number of halogens is 1. The Morgan fingerprint density at radius 3 is 2.75 bits per heavy atom. The average molecular weight is 336 g/mol. The number of benzene rings is 1. The standard InChI is InChI=1S/C12H14ClNO4S2/c1-8-7-14(4-5-19-8)20(17,18)9-2-3-10(12(15)16)11(13)6-9/h2-3,6,8H,4-5,7H2,1H3,(H,15,16). The number of nitrogens with zero attached hydrogens (tertiary/aromatic N) is 1. The van der Waals surface area contributed by atoms with E-state index in [1.807, 2.05) is 6.92 Å². The molecule has 1 aliphatic heterocycles. The zero-order valence-corrected chi connectivity index (χ0v) is 13.1. The van der Waals surface area contributed by atoms with Crippen molar-refractivity contribution in [3.05, 3.63) is 28.8 Å². The molecule has 1 atom stereocenters. The molecule has 110 valence electrons. The van der Waals surface area contributed by atoms with Crippen molar-refractivity contribution in [1.29, 1.82) is 0 Å². The molecular weight excluding hydrogens is 322 g/mol. The minimum atomic E-state index is -3.62. The summed E-state index contributed by atoms with van der Waals surface area (Å²) in [5.41, 5.74) is -0.104. The highest BCUT2D eigenvalue weighted by molar-refractivity contribution is 8.00. The number of hydrogen-bond acceptors (Lipinski definition) is 4. The normalized spacial score (nSPS) is 20.8. The minimum absolute atomic E-state index is 0.0339. The van der Waals surface area contributed by atoms with Gasteiger partial charge in [-0.3, -0.25) is 0 Å². The SMILES string of the molecule is CC1CN(S(=O)(=O)c2ccc(C(=O)O)c(Cl)c2)CCS1. The van der Waals surface area contributed by atoms with Gasteiger partial charge in [0.25, 0.3) is 0 Å². The molecule has 0 radical (unpaired) electrons. The molecule has 0 aromatic heterocycles. The Labute approximate surface area is 127 Å². The van der Waals surface area contributed by atoms with Crippen LogP contribution in [0.2, 0.25) is 5.02 Å². The van der Waals surface area contributed by atoms with Gasteiger partial charge < -0.3 is 5.11 Å². The van der Waals surface area contributed by atoms with Crippen LogP contribution in [0.25, 0.3) is 0 Å². The third-order valence-electron chi connectivity index (χ3n) is 3.01. The first-order chi connectivity index (χ1) is 9.32. The Bertz CT molecular complexity index is 632. The summed E-state index contributed by atoms with van der Waals surface area (Å²) in [6.45, 7) is 2.88.